The number of nitrogens with zero attached hydrogens (tertiary/aromatic N) is 1. The molecule has 21 heavy (non-hydrogen) atoms. The maximum atomic E-state index is 13.7. The third kappa shape index (κ3) is 2.72. The lowest BCUT2D eigenvalue weighted by Crippen LogP contribution is -2.59. The van der Waals surface area contributed by atoms with E-state index in [0.717, 1.165) is 44.5 Å². The fourth-order valence-corrected chi connectivity index (χ4v) is 4.10. The number of benzene rings is 1. The molecule has 116 valence electrons. The Morgan fingerprint density at radius 1 is 1.10 bits per heavy atom. The highest BCUT2D eigenvalue weighted by Gasteiger charge is 2.45. The summed E-state index contributed by atoms with van der Waals surface area (Å²) >= 11 is 0. The van der Waals surface area contributed by atoms with Crippen LogP contribution in [0.5, 0.6) is 0 Å². The quantitative estimate of drug-likeness (QED) is 0.876. The van der Waals surface area contributed by atoms with E-state index < -0.39 is 0 Å². The van der Waals surface area contributed by atoms with Gasteiger partial charge >= 0.3 is 0 Å². The lowest BCUT2D eigenvalue weighted by Gasteiger charge is -2.51. The zero-order valence-electron chi connectivity index (χ0n) is 13.1. The molecule has 0 aromatic heterocycles. The van der Waals surface area contributed by atoms with Gasteiger partial charge in [-0.15, -0.1) is 0 Å². The van der Waals surface area contributed by atoms with Crippen LogP contribution in [0, 0.1) is 5.82 Å². The van der Waals surface area contributed by atoms with Crippen molar-refractivity contribution in [3.8, 4) is 0 Å². The van der Waals surface area contributed by atoms with Gasteiger partial charge in [0.15, 0.2) is 0 Å². The first-order valence-corrected chi connectivity index (χ1v) is 7.96. The van der Waals surface area contributed by atoms with Crippen LogP contribution in [0.25, 0.3) is 0 Å². The summed E-state index contributed by atoms with van der Waals surface area (Å²) in [6.07, 6.45) is 5.67. The van der Waals surface area contributed by atoms with Crippen molar-refractivity contribution < 1.29 is 4.39 Å². The normalized spacial score (nSPS) is 33.5. The van der Waals surface area contributed by atoms with E-state index in [-0.39, 0.29) is 16.9 Å². The van der Waals surface area contributed by atoms with Gasteiger partial charge in [-0.05, 0) is 70.4 Å². The van der Waals surface area contributed by atoms with Gasteiger partial charge < -0.3 is 5.32 Å². The predicted molar refractivity (Wildman–Crippen MR) is 83.6 cm³/mol. The molecule has 3 nitrogen and oxygen atoms in total. The Morgan fingerprint density at radius 3 is 2.43 bits per heavy atom. The minimum atomic E-state index is -0.131. The molecule has 0 unspecified atom stereocenters. The van der Waals surface area contributed by atoms with Crippen molar-refractivity contribution in [3.63, 3.8) is 0 Å². The average molecular weight is 291 g/mol. The molecule has 1 aliphatic carbocycles. The molecular formula is C17H26FN3. The van der Waals surface area contributed by atoms with Crippen LogP contribution in [0.2, 0.25) is 0 Å². The molecular weight excluding hydrogens is 265 g/mol. The fraction of sp³-hybridized carbons (Fsp3) is 0.647. The van der Waals surface area contributed by atoms with Crippen LogP contribution in [-0.2, 0) is 5.54 Å². The fourth-order valence-electron chi connectivity index (χ4n) is 4.10. The molecule has 1 aromatic rings. The first kappa shape index (κ1) is 14.9. The van der Waals surface area contributed by atoms with E-state index in [0.29, 0.717) is 0 Å². The van der Waals surface area contributed by atoms with Crippen LogP contribution in [0.4, 0.5) is 4.39 Å². The van der Waals surface area contributed by atoms with E-state index in [1.807, 2.05) is 6.07 Å². The topological polar surface area (TPSA) is 27.3 Å². The average Bonchev–Trinajstić information content (AvgIpc) is 2.49. The van der Waals surface area contributed by atoms with Gasteiger partial charge in [0.25, 0.3) is 0 Å². The van der Waals surface area contributed by atoms with Gasteiger partial charge in [0.05, 0.1) is 0 Å². The summed E-state index contributed by atoms with van der Waals surface area (Å²) in [5.41, 5.74) is 1.38. The summed E-state index contributed by atoms with van der Waals surface area (Å²) in [6.45, 7) is 2.01. The van der Waals surface area contributed by atoms with Crippen molar-refractivity contribution >= 4 is 0 Å². The summed E-state index contributed by atoms with van der Waals surface area (Å²) in [7, 11) is 4.25. The van der Waals surface area contributed by atoms with Gasteiger partial charge in [-0.1, -0.05) is 12.1 Å². The van der Waals surface area contributed by atoms with Gasteiger partial charge in [-0.25, -0.2) is 4.39 Å². The Morgan fingerprint density at radius 2 is 1.86 bits per heavy atom. The highest BCUT2D eigenvalue weighted by molar-refractivity contribution is 5.27. The number of rotatable bonds is 2. The first-order valence-electron chi connectivity index (χ1n) is 7.96. The van der Waals surface area contributed by atoms with Crippen LogP contribution in [0.1, 0.15) is 37.7 Å². The standard InChI is InChI=1S/C17H26FN3/c1-21(2)17(14-4-3-5-15(18)12-14)8-6-16(7-9-17)10-11-19-13-20-16/h3-5,12,19-20H,6-11,13H2,1-2H3/t16-,17+. The maximum absolute atomic E-state index is 13.7. The van der Waals surface area contributed by atoms with Crippen molar-refractivity contribution in [2.24, 2.45) is 0 Å². The molecule has 2 aliphatic rings. The van der Waals surface area contributed by atoms with Gasteiger partial charge in [0.1, 0.15) is 5.82 Å². The zero-order valence-corrected chi connectivity index (χ0v) is 13.1. The Kier molecular flexibility index (Phi) is 4.04. The van der Waals surface area contributed by atoms with Crippen LogP contribution < -0.4 is 10.6 Å². The summed E-state index contributed by atoms with van der Waals surface area (Å²) in [4.78, 5) is 2.29. The van der Waals surface area contributed by atoms with Crippen LogP contribution in [0.15, 0.2) is 24.3 Å². The van der Waals surface area contributed by atoms with Gasteiger partial charge in [0, 0.05) is 17.7 Å². The lowest BCUT2D eigenvalue weighted by molar-refractivity contribution is 0.0439. The molecule has 0 amide bonds. The molecule has 0 radical (unpaired) electrons. The first-order chi connectivity index (χ1) is 10.1. The number of hydrogen-bond acceptors (Lipinski definition) is 3. The molecule has 4 heteroatoms. The zero-order chi connectivity index (χ0) is 14.9. The molecule has 3 rings (SSSR count). The highest BCUT2D eigenvalue weighted by Crippen LogP contribution is 2.45. The molecule has 1 aromatic carbocycles. The Bertz CT molecular complexity index is 485. The van der Waals surface area contributed by atoms with Crippen molar-refractivity contribution in [1.82, 2.24) is 15.5 Å². The van der Waals surface area contributed by atoms with E-state index in [1.165, 1.54) is 12.5 Å². The Balaban J connectivity index is 1.84. The summed E-state index contributed by atoms with van der Waals surface area (Å²) in [5.74, 6) is -0.131. The van der Waals surface area contributed by atoms with Gasteiger partial charge in [-0.3, -0.25) is 10.2 Å². The van der Waals surface area contributed by atoms with E-state index in [1.54, 1.807) is 6.07 Å². The largest absolute Gasteiger partial charge is 0.304 e. The van der Waals surface area contributed by atoms with Crippen LogP contribution in [0.3, 0.4) is 0 Å². The molecule has 1 spiro atoms. The molecule has 1 heterocycles. The van der Waals surface area contributed by atoms with E-state index in [9.17, 15) is 4.39 Å². The molecule has 1 saturated carbocycles. The second-order valence-electron chi connectivity index (χ2n) is 6.82. The summed E-state index contributed by atoms with van der Waals surface area (Å²) < 4.78 is 13.7. The monoisotopic (exact) mass is 291 g/mol. The molecule has 2 N–H and O–H groups in total. The predicted octanol–water partition coefficient (Wildman–Crippen LogP) is 2.44. The van der Waals surface area contributed by atoms with Crippen molar-refractivity contribution in [2.45, 2.75) is 43.2 Å². The van der Waals surface area contributed by atoms with Gasteiger partial charge in [0.2, 0.25) is 0 Å². The van der Waals surface area contributed by atoms with Crippen molar-refractivity contribution in [1.29, 1.82) is 0 Å². The minimum absolute atomic E-state index is 0.0279. The van der Waals surface area contributed by atoms with E-state index >= 15 is 0 Å². The minimum Gasteiger partial charge on any atom is -0.304 e. The molecule has 0 bridgehead atoms. The third-order valence-electron chi connectivity index (χ3n) is 5.62. The molecule has 2 fully saturated rings. The van der Waals surface area contributed by atoms with Crippen molar-refractivity contribution in [3.05, 3.63) is 35.6 Å². The van der Waals surface area contributed by atoms with E-state index in [2.05, 4.69) is 35.7 Å². The third-order valence-corrected chi connectivity index (χ3v) is 5.62. The van der Waals surface area contributed by atoms with E-state index in [4.69, 9.17) is 0 Å². The number of halogens is 1. The Labute approximate surface area is 126 Å². The van der Waals surface area contributed by atoms with Gasteiger partial charge in [-0.2, -0.15) is 0 Å². The summed E-state index contributed by atoms with van der Waals surface area (Å²) in [5, 5.41) is 7.04. The molecule has 1 aliphatic heterocycles. The number of hydrogen-bond donors (Lipinski definition) is 2. The lowest BCUT2D eigenvalue weighted by atomic mass is 9.67. The SMILES string of the molecule is CN(C)[C@]1(c2cccc(F)c2)CC[C@@]2(CCNCN2)CC1. The van der Waals surface area contributed by atoms with Crippen molar-refractivity contribution in [2.75, 3.05) is 27.3 Å². The second-order valence-corrected chi connectivity index (χ2v) is 6.82. The van der Waals surface area contributed by atoms with Crippen LogP contribution in [-0.4, -0.2) is 37.7 Å². The maximum Gasteiger partial charge on any atom is 0.123 e. The second kappa shape index (κ2) is 5.67. The number of nitrogens with one attached hydrogen (secondary N) is 2. The smallest absolute Gasteiger partial charge is 0.123 e. The Hall–Kier alpha value is -0.970. The summed E-state index contributed by atoms with van der Waals surface area (Å²) in [6, 6.07) is 7.17. The highest BCUT2D eigenvalue weighted by atomic mass is 19.1. The van der Waals surface area contributed by atoms with Crippen LogP contribution >= 0.6 is 0 Å². The molecule has 1 saturated heterocycles. The molecule has 0 atom stereocenters.